The predicted molar refractivity (Wildman–Crippen MR) is 83.5 cm³/mol. The molecule has 1 aromatic carbocycles. The topological polar surface area (TPSA) is 44.4 Å². The van der Waals surface area contributed by atoms with E-state index < -0.39 is 0 Å². The van der Waals surface area contributed by atoms with E-state index in [0.29, 0.717) is 0 Å². The highest BCUT2D eigenvalue weighted by molar-refractivity contribution is 5.96. The van der Waals surface area contributed by atoms with Gasteiger partial charge in [-0.1, -0.05) is 18.2 Å². The maximum absolute atomic E-state index is 12.4. The van der Waals surface area contributed by atoms with Gasteiger partial charge in [0.05, 0.1) is 6.04 Å². The molecule has 110 valence electrons. The van der Waals surface area contributed by atoms with Gasteiger partial charge in [-0.05, 0) is 37.4 Å². The Morgan fingerprint density at radius 1 is 1.15 bits per heavy atom. The van der Waals surface area contributed by atoms with Gasteiger partial charge in [0.2, 0.25) is 5.91 Å². The largest absolute Gasteiger partial charge is 0.324 e. The van der Waals surface area contributed by atoms with Crippen LogP contribution in [-0.2, 0) is 11.2 Å². The van der Waals surface area contributed by atoms with E-state index in [4.69, 9.17) is 0 Å². The molecule has 1 saturated heterocycles. The molecule has 0 spiro atoms. The molecule has 1 fully saturated rings. The Morgan fingerprint density at radius 2 is 2.00 bits per heavy atom. The first-order valence-electron chi connectivity index (χ1n) is 7.18. The van der Waals surface area contributed by atoms with Crippen molar-refractivity contribution in [3.8, 4) is 0 Å². The van der Waals surface area contributed by atoms with Gasteiger partial charge in [-0.3, -0.25) is 9.69 Å². The van der Waals surface area contributed by atoms with Gasteiger partial charge in [-0.15, -0.1) is 12.4 Å². The van der Waals surface area contributed by atoms with Gasteiger partial charge in [0.1, 0.15) is 0 Å². The minimum absolute atomic E-state index is 0. The zero-order chi connectivity index (χ0) is 13.1. The number of carbonyl (C=O) groups is 1. The zero-order valence-electron chi connectivity index (χ0n) is 11.6. The van der Waals surface area contributed by atoms with Gasteiger partial charge < -0.3 is 10.6 Å². The van der Waals surface area contributed by atoms with E-state index in [2.05, 4.69) is 21.6 Å². The fraction of sp³-hybridized carbons (Fsp3) is 0.533. The smallest absolute Gasteiger partial charge is 0.241 e. The average molecular weight is 296 g/mol. The van der Waals surface area contributed by atoms with Crippen LogP contribution < -0.4 is 10.6 Å². The molecular weight excluding hydrogens is 274 g/mol. The summed E-state index contributed by atoms with van der Waals surface area (Å²) in [5.41, 5.74) is 2.24. The second-order valence-corrected chi connectivity index (χ2v) is 5.34. The third-order valence-corrected chi connectivity index (χ3v) is 4.08. The summed E-state index contributed by atoms with van der Waals surface area (Å²) in [7, 11) is 0. The molecule has 2 aliphatic heterocycles. The molecule has 5 heteroatoms. The number of anilines is 1. The first-order valence-corrected chi connectivity index (χ1v) is 7.18. The number of para-hydroxylation sites is 1. The number of hydrogen-bond acceptors (Lipinski definition) is 3. The maximum atomic E-state index is 12.4. The number of amides is 1. The van der Waals surface area contributed by atoms with Crippen LogP contribution in [0.3, 0.4) is 0 Å². The zero-order valence-corrected chi connectivity index (χ0v) is 12.4. The number of nitrogens with zero attached hydrogens (tertiary/aromatic N) is 1. The maximum Gasteiger partial charge on any atom is 0.241 e. The number of rotatable bonds is 1. The second-order valence-electron chi connectivity index (χ2n) is 5.34. The molecule has 2 aliphatic rings. The molecule has 1 atom stereocenters. The number of nitrogens with one attached hydrogen (secondary N) is 2. The van der Waals surface area contributed by atoms with Gasteiger partial charge in [0.15, 0.2) is 0 Å². The van der Waals surface area contributed by atoms with Crippen LogP contribution in [0.5, 0.6) is 0 Å². The van der Waals surface area contributed by atoms with Crippen molar-refractivity contribution in [2.75, 3.05) is 31.5 Å². The van der Waals surface area contributed by atoms with E-state index in [9.17, 15) is 4.79 Å². The quantitative estimate of drug-likeness (QED) is 0.828. The fourth-order valence-electron chi connectivity index (χ4n) is 3.03. The van der Waals surface area contributed by atoms with E-state index in [1.165, 1.54) is 5.56 Å². The highest BCUT2D eigenvalue weighted by Gasteiger charge is 2.28. The highest BCUT2D eigenvalue weighted by atomic mass is 35.5. The summed E-state index contributed by atoms with van der Waals surface area (Å²) < 4.78 is 0. The number of halogens is 1. The summed E-state index contributed by atoms with van der Waals surface area (Å²) in [6.07, 6.45) is 3.02. The predicted octanol–water partition coefficient (Wildman–Crippen LogP) is 1.66. The molecule has 0 aliphatic carbocycles. The number of benzene rings is 1. The molecule has 20 heavy (non-hydrogen) atoms. The van der Waals surface area contributed by atoms with Crippen LogP contribution in [0.15, 0.2) is 24.3 Å². The normalized spacial score (nSPS) is 23.8. The van der Waals surface area contributed by atoms with Gasteiger partial charge in [0.25, 0.3) is 0 Å². The number of fused-ring (bicyclic) bond motifs is 1. The van der Waals surface area contributed by atoms with E-state index >= 15 is 0 Å². The van der Waals surface area contributed by atoms with Crippen LogP contribution in [0.4, 0.5) is 5.69 Å². The minimum atomic E-state index is 0. The lowest BCUT2D eigenvalue weighted by atomic mass is 10.0. The Labute approximate surface area is 126 Å². The van der Waals surface area contributed by atoms with Crippen LogP contribution in [0.1, 0.15) is 18.4 Å². The monoisotopic (exact) mass is 295 g/mol. The standard InChI is InChI=1S/C15H21N3O.ClH/c19-15-14(18-10-3-8-16-9-11-18)7-6-12-4-1-2-5-13(12)17-15;/h1-2,4-5,14,16H,3,6-11H2,(H,17,19);1H. The molecule has 4 nitrogen and oxygen atoms in total. The van der Waals surface area contributed by atoms with E-state index in [1.807, 2.05) is 18.2 Å². The summed E-state index contributed by atoms with van der Waals surface area (Å²) in [5, 5.41) is 6.48. The fourth-order valence-corrected chi connectivity index (χ4v) is 3.03. The first kappa shape index (κ1) is 15.3. The molecule has 1 unspecified atom stereocenters. The molecular formula is C15H22ClN3O. The van der Waals surface area contributed by atoms with E-state index in [1.54, 1.807) is 0 Å². The third kappa shape index (κ3) is 3.32. The summed E-state index contributed by atoms with van der Waals surface area (Å²) in [5.74, 6) is 0.159. The SMILES string of the molecule is Cl.O=C1Nc2ccccc2CCC1N1CCCNCC1. The van der Waals surface area contributed by atoms with E-state index in [0.717, 1.165) is 51.1 Å². The van der Waals surface area contributed by atoms with Crippen molar-refractivity contribution in [1.82, 2.24) is 10.2 Å². The Bertz CT molecular complexity index is 458. The van der Waals surface area contributed by atoms with Crippen molar-refractivity contribution in [2.24, 2.45) is 0 Å². The van der Waals surface area contributed by atoms with E-state index in [-0.39, 0.29) is 24.4 Å². The molecule has 1 amide bonds. The molecule has 1 aromatic rings. The summed E-state index contributed by atoms with van der Waals surface area (Å²) in [6, 6.07) is 8.16. The molecule has 0 aromatic heterocycles. The Morgan fingerprint density at radius 3 is 2.90 bits per heavy atom. The molecule has 2 N–H and O–H groups in total. The third-order valence-electron chi connectivity index (χ3n) is 4.08. The Balaban J connectivity index is 0.00000147. The number of hydrogen-bond donors (Lipinski definition) is 2. The van der Waals surface area contributed by atoms with Crippen molar-refractivity contribution in [3.63, 3.8) is 0 Å². The van der Waals surface area contributed by atoms with Crippen molar-refractivity contribution < 1.29 is 4.79 Å². The summed E-state index contributed by atoms with van der Waals surface area (Å²) in [4.78, 5) is 14.7. The van der Waals surface area contributed by atoms with Gasteiger partial charge in [-0.25, -0.2) is 0 Å². The first-order chi connectivity index (χ1) is 9.34. The summed E-state index contributed by atoms with van der Waals surface area (Å²) in [6.45, 7) is 4.03. The van der Waals surface area contributed by atoms with Crippen LogP contribution in [-0.4, -0.2) is 43.0 Å². The van der Waals surface area contributed by atoms with Crippen LogP contribution in [0.2, 0.25) is 0 Å². The molecule has 0 saturated carbocycles. The van der Waals surface area contributed by atoms with Gasteiger partial charge in [0, 0.05) is 25.3 Å². The van der Waals surface area contributed by atoms with Crippen LogP contribution in [0.25, 0.3) is 0 Å². The lowest BCUT2D eigenvalue weighted by Gasteiger charge is -2.27. The Hall–Kier alpha value is -1.10. The molecule has 0 bridgehead atoms. The number of aryl methyl sites for hydroxylation is 1. The minimum Gasteiger partial charge on any atom is -0.324 e. The van der Waals surface area contributed by atoms with Gasteiger partial charge in [-0.2, -0.15) is 0 Å². The summed E-state index contributed by atoms with van der Waals surface area (Å²) >= 11 is 0. The Kier molecular flexibility index (Phi) is 5.40. The van der Waals surface area contributed by atoms with Crippen molar-refractivity contribution in [2.45, 2.75) is 25.3 Å². The van der Waals surface area contributed by atoms with Crippen molar-refractivity contribution in [3.05, 3.63) is 29.8 Å². The molecule has 0 radical (unpaired) electrons. The average Bonchev–Trinajstić information content (AvgIpc) is 2.77. The van der Waals surface area contributed by atoms with Crippen LogP contribution >= 0.6 is 12.4 Å². The molecule has 3 rings (SSSR count). The molecule has 2 heterocycles. The number of carbonyl (C=O) groups excluding carboxylic acids is 1. The highest BCUT2D eigenvalue weighted by Crippen LogP contribution is 2.23. The second kappa shape index (κ2) is 7.07. The van der Waals surface area contributed by atoms with Crippen molar-refractivity contribution in [1.29, 1.82) is 0 Å². The van der Waals surface area contributed by atoms with Crippen LogP contribution in [0, 0.1) is 0 Å². The van der Waals surface area contributed by atoms with Crippen molar-refractivity contribution >= 4 is 24.0 Å². The lowest BCUT2D eigenvalue weighted by Crippen LogP contribution is -2.45. The van der Waals surface area contributed by atoms with Gasteiger partial charge >= 0.3 is 0 Å². The lowest BCUT2D eigenvalue weighted by molar-refractivity contribution is -0.121.